The number of rotatable bonds is 4. The Morgan fingerprint density at radius 2 is 2.24 bits per heavy atom. The zero-order valence-corrected chi connectivity index (χ0v) is 11.0. The van der Waals surface area contributed by atoms with Crippen LogP contribution in [0.3, 0.4) is 0 Å². The van der Waals surface area contributed by atoms with Crippen molar-refractivity contribution < 1.29 is 9.66 Å². The summed E-state index contributed by atoms with van der Waals surface area (Å²) >= 11 is 4.89. The van der Waals surface area contributed by atoms with Gasteiger partial charge in [0.25, 0.3) is 5.69 Å². The Bertz CT molecular complexity index is 528. The highest BCUT2D eigenvalue weighted by Gasteiger charge is 2.10. The predicted molar refractivity (Wildman–Crippen MR) is 69.4 cm³/mol. The molecule has 0 atom stereocenters. The van der Waals surface area contributed by atoms with Crippen molar-refractivity contribution >= 4 is 33.0 Å². The molecule has 6 heteroatoms. The molecule has 0 radical (unpaired) electrons. The van der Waals surface area contributed by atoms with Gasteiger partial charge in [-0.25, -0.2) is 0 Å². The number of hydrogen-bond acceptors (Lipinski definition) is 4. The standard InChI is InChI=1S/C11H8BrNO3S/c12-10-2-1-9(13(14)15)5-11(10)16-6-8-3-4-17-7-8/h1-5,7H,6H2. The van der Waals surface area contributed by atoms with Crippen molar-refractivity contribution in [2.24, 2.45) is 0 Å². The maximum absolute atomic E-state index is 10.6. The molecule has 0 aliphatic heterocycles. The maximum atomic E-state index is 10.6. The molecule has 4 nitrogen and oxygen atoms in total. The normalized spacial score (nSPS) is 10.2. The van der Waals surface area contributed by atoms with E-state index in [-0.39, 0.29) is 5.69 Å². The average molecular weight is 314 g/mol. The van der Waals surface area contributed by atoms with Gasteiger partial charge in [0.2, 0.25) is 0 Å². The SMILES string of the molecule is O=[N+]([O-])c1ccc(Br)c(OCc2ccsc2)c1. The largest absolute Gasteiger partial charge is 0.487 e. The highest BCUT2D eigenvalue weighted by Crippen LogP contribution is 2.29. The number of benzene rings is 1. The summed E-state index contributed by atoms with van der Waals surface area (Å²) in [6.45, 7) is 0.406. The van der Waals surface area contributed by atoms with Crippen LogP contribution in [0.4, 0.5) is 5.69 Å². The van der Waals surface area contributed by atoms with E-state index in [1.54, 1.807) is 17.4 Å². The van der Waals surface area contributed by atoms with Crippen LogP contribution in [0.5, 0.6) is 5.75 Å². The van der Waals surface area contributed by atoms with E-state index in [0.717, 1.165) is 5.56 Å². The van der Waals surface area contributed by atoms with E-state index in [4.69, 9.17) is 4.74 Å². The molecule has 0 spiro atoms. The molecule has 1 aromatic heterocycles. The minimum absolute atomic E-state index is 0.0218. The van der Waals surface area contributed by atoms with Gasteiger partial charge in [-0.15, -0.1) is 0 Å². The number of nitro groups is 1. The molecule has 0 N–H and O–H groups in total. The van der Waals surface area contributed by atoms with Gasteiger partial charge in [0.15, 0.2) is 0 Å². The molecule has 2 rings (SSSR count). The topological polar surface area (TPSA) is 52.4 Å². The number of non-ortho nitro benzene ring substituents is 1. The summed E-state index contributed by atoms with van der Waals surface area (Å²) in [5.41, 5.74) is 1.07. The molecule has 1 heterocycles. The fourth-order valence-electron chi connectivity index (χ4n) is 1.25. The molecule has 0 aliphatic carbocycles. The van der Waals surface area contributed by atoms with E-state index in [1.807, 2.05) is 16.8 Å². The summed E-state index contributed by atoms with van der Waals surface area (Å²) in [7, 11) is 0. The van der Waals surface area contributed by atoms with Crippen molar-refractivity contribution in [1.29, 1.82) is 0 Å². The van der Waals surface area contributed by atoms with Crippen LogP contribution in [-0.4, -0.2) is 4.92 Å². The molecular formula is C11H8BrNO3S. The van der Waals surface area contributed by atoms with E-state index in [0.29, 0.717) is 16.8 Å². The van der Waals surface area contributed by atoms with E-state index >= 15 is 0 Å². The van der Waals surface area contributed by atoms with Gasteiger partial charge in [-0.3, -0.25) is 10.1 Å². The van der Waals surface area contributed by atoms with E-state index in [1.165, 1.54) is 12.1 Å². The van der Waals surface area contributed by atoms with Crippen molar-refractivity contribution in [3.05, 3.63) is 55.2 Å². The van der Waals surface area contributed by atoms with Crippen molar-refractivity contribution in [3.63, 3.8) is 0 Å². The molecule has 88 valence electrons. The minimum atomic E-state index is -0.441. The number of ether oxygens (including phenoxy) is 1. The first kappa shape index (κ1) is 12.1. The van der Waals surface area contributed by atoms with Gasteiger partial charge in [0.1, 0.15) is 12.4 Å². The van der Waals surface area contributed by atoms with Crippen LogP contribution in [0.25, 0.3) is 0 Å². The van der Waals surface area contributed by atoms with Gasteiger partial charge >= 0.3 is 0 Å². The lowest BCUT2D eigenvalue weighted by molar-refractivity contribution is -0.385. The van der Waals surface area contributed by atoms with Gasteiger partial charge in [0.05, 0.1) is 15.5 Å². The van der Waals surface area contributed by atoms with E-state index in [9.17, 15) is 10.1 Å². The van der Waals surface area contributed by atoms with Gasteiger partial charge in [-0.2, -0.15) is 11.3 Å². The molecule has 0 amide bonds. The lowest BCUT2D eigenvalue weighted by Gasteiger charge is -2.06. The van der Waals surface area contributed by atoms with Crippen LogP contribution < -0.4 is 4.74 Å². The number of nitrogens with zero attached hydrogens (tertiary/aromatic N) is 1. The van der Waals surface area contributed by atoms with Crippen molar-refractivity contribution in [2.45, 2.75) is 6.61 Å². The van der Waals surface area contributed by atoms with Crippen LogP contribution >= 0.6 is 27.3 Å². The summed E-state index contributed by atoms with van der Waals surface area (Å²) in [6, 6.07) is 6.41. The first-order chi connectivity index (χ1) is 8.16. The molecule has 17 heavy (non-hydrogen) atoms. The van der Waals surface area contributed by atoms with Crippen LogP contribution in [0.1, 0.15) is 5.56 Å². The third-order valence-electron chi connectivity index (χ3n) is 2.10. The molecule has 0 fully saturated rings. The van der Waals surface area contributed by atoms with Gasteiger partial charge in [-0.05, 0) is 44.4 Å². The summed E-state index contributed by atoms with van der Waals surface area (Å²) in [6.07, 6.45) is 0. The monoisotopic (exact) mass is 313 g/mol. The summed E-state index contributed by atoms with van der Waals surface area (Å²) < 4.78 is 6.23. The summed E-state index contributed by atoms with van der Waals surface area (Å²) in [4.78, 5) is 10.2. The third kappa shape index (κ3) is 3.04. The Morgan fingerprint density at radius 1 is 1.41 bits per heavy atom. The van der Waals surface area contributed by atoms with Gasteiger partial charge in [0, 0.05) is 6.07 Å². The van der Waals surface area contributed by atoms with Crippen molar-refractivity contribution in [3.8, 4) is 5.75 Å². The van der Waals surface area contributed by atoms with Crippen LogP contribution in [0.15, 0.2) is 39.5 Å². The van der Waals surface area contributed by atoms with Gasteiger partial charge in [-0.1, -0.05) is 0 Å². The third-order valence-corrected chi connectivity index (χ3v) is 3.49. The molecule has 0 saturated heterocycles. The quantitative estimate of drug-likeness (QED) is 0.633. The first-order valence-corrected chi connectivity index (χ1v) is 6.48. The second-order valence-corrected chi connectivity index (χ2v) is 4.93. The van der Waals surface area contributed by atoms with E-state index in [2.05, 4.69) is 15.9 Å². The lowest BCUT2D eigenvalue weighted by atomic mass is 10.3. The number of hydrogen-bond donors (Lipinski definition) is 0. The molecule has 0 unspecified atom stereocenters. The molecule has 1 aromatic carbocycles. The van der Waals surface area contributed by atoms with Crippen LogP contribution in [0, 0.1) is 10.1 Å². The predicted octanol–water partition coefficient (Wildman–Crippen LogP) is 4.00. The highest BCUT2D eigenvalue weighted by molar-refractivity contribution is 9.10. The Kier molecular flexibility index (Phi) is 3.75. The maximum Gasteiger partial charge on any atom is 0.273 e. The Hall–Kier alpha value is -1.40. The van der Waals surface area contributed by atoms with Crippen molar-refractivity contribution in [1.82, 2.24) is 0 Å². The Balaban J connectivity index is 2.14. The van der Waals surface area contributed by atoms with Gasteiger partial charge < -0.3 is 4.74 Å². The second-order valence-electron chi connectivity index (χ2n) is 3.29. The Labute approximate surface area is 110 Å². The molecular weight excluding hydrogens is 306 g/mol. The number of nitro benzene ring substituents is 1. The summed E-state index contributed by atoms with van der Waals surface area (Å²) in [5, 5.41) is 14.6. The molecule has 0 saturated carbocycles. The van der Waals surface area contributed by atoms with Crippen molar-refractivity contribution in [2.75, 3.05) is 0 Å². The average Bonchev–Trinajstić information content (AvgIpc) is 2.80. The molecule has 0 bridgehead atoms. The number of halogens is 1. The number of thiophene rings is 1. The first-order valence-electron chi connectivity index (χ1n) is 4.74. The zero-order valence-electron chi connectivity index (χ0n) is 8.63. The highest BCUT2D eigenvalue weighted by atomic mass is 79.9. The van der Waals surface area contributed by atoms with Crippen LogP contribution in [-0.2, 0) is 6.61 Å². The molecule has 2 aromatic rings. The fourth-order valence-corrected chi connectivity index (χ4v) is 2.27. The minimum Gasteiger partial charge on any atom is -0.487 e. The molecule has 0 aliphatic rings. The van der Waals surface area contributed by atoms with Crippen LogP contribution in [0.2, 0.25) is 0 Å². The fraction of sp³-hybridized carbons (Fsp3) is 0.0909. The Morgan fingerprint density at radius 3 is 2.88 bits per heavy atom. The zero-order chi connectivity index (χ0) is 12.3. The van der Waals surface area contributed by atoms with E-state index < -0.39 is 4.92 Å². The second kappa shape index (κ2) is 5.29. The summed E-state index contributed by atoms with van der Waals surface area (Å²) in [5.74, 6) is 0.477. The smallest absolute Gasteiger partial charge is 0.273 e. The lowest BCUT2D eigenvalue weighted by Crippen LogP contribution is -1.96.